The van der Waals surface area contributed by atoms with E-state index in [9.17, 15) is 13.5 Å². The third-order valence-electron chi connectivity index (χ3n) is 1.80. The number of hydrogen-bond donors (Lipinski definition) is 2. The van der Waals surface area contributed by atoms with Gasteiger partial charge in [0.2, 0.25) is 0 Å². The van der Waals surface area contributed by atoms with Gasteiger partial charge in [-0.1, -0.05) is 6.07 Å². The summed E-state index contributed by atoms with van der Waals surface area (Å²) in [4.78, 5) is -0.588. The monoisotopic (exact) mass is 246 g/mol. The average Bonchev–Trinajstić information content (AvgIpc) is 2.15. The van der Waals surface area contributed by atoms with Crippen molar-refractivity contribution >= 4 is 19.7 Å². The van der Waals surface area contributed by atoms with Gasteiger partial charge in [-0.3, -0.25) is 0 Å². The van der Waals surface area contributed by atoms with E-state index >= 15 is 0 Å². The summed E-state index contributed by atoms with van der Waals surface area (Å²) >= 11 is 0. The Morgan fingerprint density at radius 1 is 1.53 bits per heavy atom. The van der Waals surface area contributed by atoms with Gasteiger partial charge in [0.1, 0.15) is 16.7 Å². The van der Waals surface area contributed by atoms with Gasteiger partial charge in [-0.2, -0.15) is 5.26 Å². The molecule has 7 heteroatoms. The van der Waals surface area contributed by atoms with E-state index in [4.69, 9.17) is 21.7 Å². The standard InChI is InChI=1S/C8H7ClN2O3S/c9-15(13,14)8-6(4-11)5(3-10)1-2-7(8)12/h1-2,12H,3,10H2. The highest BCUT2D eigenvalue weighted by molar-refractivity contribution is 8.13. The second-order valence-corrected chi connectivity index (χ2v) is 5.20. The van der Waals surface area contributed by atoms with Gasteiger partial charge in [0.15, 0.2) is 0 Å². The van der Waals surface area contributed by atoms with Crippen molar-refractivity contribution in [2.45, 2.75) is 11.4 Å². The van der Waals surface area contributed by atoms with Gasteiger partial charge >= 0.3 is 0 Å². The first-order valence-corrected chi connectivity index (χ1v) is 6.12. The van der Waals surface area contributed by atoms with E-state index < -0.39 is 19.7 Å². The third-order valence-corrected chi connectivity index (χ3v) is 3.16. The maximum absolute atomic E-state index is 11.1. The molecule has 0 radical (unpaired) electrons. The van der Waals surface area contributed by atoms with Crippen LogP contribution in [0.15, 0.2) is 17.0 Å². The molecule has 5 nitrogen and oxygen atoms in total. The van der Waals surface area contributed by atoms with Crippen LogP contribution in [-0.2, 0) is 15.6 Å². The molecule has 0 bridgehead atoms. The van der Waals surface area contributed by atoms with Gasteiger partial charge in [-0.15, -0.1) is 0 Å². The lowest BCUT2D eigenvalue weighted by molar-refractivity contribution is 0.458. The lowest BCUT2D eigenvalue weighted by Gasteiger charge is -2.06. The number of hydrogen-bond acceptors (Lipinski definition) is 5. The second-order valence-electron chi connectivity index (χ2n) is 2.70. The summed E-state index contributed by atoms with van der Waals surface area (Å²) in [5.41, 5.74) is 5.42. The number of phenolic OH excluding ortho intramolecular Hbond substituents is 1. The van der Waals surface area contributed by atoms with Gasteiger partial charge in [-0.25, -0.2) is 8.42 Å². The Kier molecular flexibility index (Phi) is 3.19. The van der Waals surface area contributed by atoms with E-state index in [-0.39, 0.29) is 12.1 Å². The zero-order valence-corrected chi connectivity index (χ0v) is 9.01. The molecule has 0 unspecified atom stereocenters. The quantitative estimate of drug-likeness (QED) is 0.746. The van der Waals surface area contributed by atoms with Crippen LogP contribution in [0.2, 0.25) is 0 Å². The number of halogens is 1. The minimum Gasteiger partial charge on any atom is -0.506 e. The number of aromatic hydroxyl groups is 1. The fourth-order valence-corrected chi connectivity index (χ4v) is 2.36. The molecular weight excluding hydrogens is 240 g/mol. The summed E-state index contributed by atoms with van der Waals surface area (Å²) in [5.74, 6) is -0.557. The maximum atomic E-state index is 11.1. The van der Waals surface area contributed by atoms with Crippen LogP contribution < -0.4 is 5.73 Å². The van der Waals surface area contributed by atoms with Crippen LogP contribution in [0.3, 0.4) is 0 Å². The Morgan fingerprint density at radius 3 is 2.53 bits per heavy atom. The van der Waals surface area contributed by atoms with Gasteiger partial charge in [0.05, 0.1) is 5.56 Å². The van der Waals surface area contributed by atoms with Crippen molar-refractivity contribution < 1.29 is 13.5 Å². The summed E-state index contributed by atoms with van der Waals surface area (Å²) in [5, 5.41) is 18.1. The second kappa shape index (κ2) is 4.06. The zero-order valence-electron chi connectivity index (χ0n) is 7.44. The molecule has 0 heterocycles. The van der Waals surface area contributed by atoms with Crippen molar-refractivity contribution in [3.63, 3.8) is 0 Å². The number of rotatable bonds is 2. The fraction of sp³-hybridized carbons (Fsp3) is 0.125. The largest absolute Gasteiger partial charge is 0.506 e. The Balaban J connectivity index is 3.71. The lowest BCUT2D eigenvalue weighted by atomic mass is 10.1. The number of nitriles is 1. The van der Waals surface area contributed by atoms with Crippen LogP contribution in [0.5, 0.6) is 5.75 Å². The van der Waals surface area contributed by atoms with Crippen molar-refractivity contribution in [2.75, 3.05) is 0 Å². The molecule has 80 valence electrons. The van der Waals surface area contributed by atoms with Crippen LogP contribution in [0.25, 0.3) is 0 Å². The van der Waals surface area contributed by atoms with Crippen molar-refractivity contribution in [1.82, 2.24) is 0 Å². The maximum Gasteiger partial charge on any atom is 0.266 e. The van der Waals surface area contributed by atoms with E-state index in [0.29, 0.717) is 5.56 Å². The topological polar surface area (TPSA) is 104 Å². The van der Waals surface area contributed by atoms with E-state index in [1.807, 2.05) is 0 Å². The van der Waals surface area contributed by atoms with Crippen LogP contribution in [0.4, 0.5) is 0 Å². The van der Waals surface area contributed by atoms with Crippen LogP contribution in [0.1, 0.15) is 11.1 Å². The highest BCUT2D eigenvalue weighted by atomic mass is 35.7. The van der Waals surface area contributed by atoms with Crippen molar-refractivity contribution in [3.05, 3.63) is 23.3 Å². The molecule has 0 saturated carbocycles. The summed E-state index contributed by atoms with van der Waals surface area (Å²) < 4.78 is 22.2. The summed E-state index contributed by atoms with van der Waals surface area (Å²) in [7, 11) is 0.932. The molecule has 0 aliphatic heterocycles. The molecule has 0 saturated heterocycles. The Morgan fingerprint density at radius 2 is 2.13 bits per heavy atom. The molecular formula is C8H7ClN2O3S. The molecule has 0 spiro atoms. The Labute approximate surface area is 91.1 Å². The van der Waals surface area contributed by atoms with Gasteiger partial charge in [0, 0.05) is 17.2 Å². The fourth-order valence-electron chi connectivity index (χ4n) is 1.15. The van der Waals surface area contributed by atoms with Gasteiger partial charge < -0.3 is 10.8 Å². The molecule has 15 heavy (non-hydrogen) atoms. The average molecular weight is 247 g/mol. The van der Waals surface area contributed by atoms with E-state index in [0.717, 1.165) is 6.07 Å². The molecule has 1 aromatic carbocycles. The van der Waals surface area contributed by atoms with E-state index in [1.165, 1.54) is 6.07 Å². The Bertz CT molecular complexity index is 534. The molecule has 3 N–H and O–H groups in total. The first-order chi connectivity index (χ1) is 6.91. The molecule has 1 rings (SSSR count). The Hall–Kier alpha value is -1.29. The predicted octanol–water partition coefficient (Wildman–Crippen LogP) is 0.650. The van der Waals surface area contributed by atoms with Crippen LogP contribution in [-0.4, -0.2) is 13.5 Å². The SMILES string of the molecule is N#Cc1c(CN)ccc(O)c1S(=O)(=O)Cl. The highest BCUT2D eigenvalue weighted by Gasteiger charge is 2.22. The number of nitrogens with two attached hydrogens (primary N) is 1. The summed E-state index contributed by atoms with van der Waals surface area (Å²) in [6.45, 7) is -0.0113. The van der Waals surface area contributed by atoms with Crippen molar-refractivity contribution in [1.29, 1.82) is 5.26 Å². The molecule has 1 aromatic rings. The minimum absolute atomic E-state index is 0.0113. The molecule has 0 fully saturated rings. The number of phenols is 1. The molecule has 0 atom stereocenters. The van der Waals surface area contributed by atoms with Gasteiger partial charge in [0.25, 0.3) is 9.05 Å². The number of nitrogens with zero attached hydrogens (tertiary/aromatic N) is 1. The third kappa shape index (κ3) is 2.21. The molecule has 0 aliphatic rings. The first-order valence-electron chi connectivity index (χ1n) is 3.81. The van der Waals surface area contributed by atoms with Gasteiger partial charge in [-0.05, 0) is 11.6 Å². The first kappa shape index (κ1) is 11.8. The van der Waals surface area contributed by atoms with E-state index in [2.05, 4.69) is 0 Å². The highest BCUT2D eigenvalue weighted by Crippen LogP contribution is 2.31. The predicted molar refractivity (Wildman–Crippen MR) is 53.8 cm³/mol. The molecule has 0 aliphatic carbocycles. The van der Waals surface area contributed by atoms with Crippen LogP contribution >= 0.6 is 10.7 Å². The van der Waals surface area contributed by atoms with Crippen molar-refractivity contribution in [2.24, 2.45) is 5.73 Å². The molecule has 0 aromatic heterocycles. The minimum atomic E-state index is -4.16. The normalized spacial score (nSPS) is 11.0. The van der Waals surface area contributed by atoms with Crippen molar-refractivity contribution in [3.8, 4) is 11.8 Å². The summed E-state index contributed by atoms with van der Waals surface area (Å²) in [6, 6.07) is 4.17. The van der Waals surface area contributed by atoms with Crippen LogP contribution in [0, 0.1) is 11.3 Å². The molecule has 0 amide bonds. The number of benzene rings is 1. The zero-order chi connectivity index (χ0) is 11.6. The smallest absolute Gasteiger partial charge is 0.266 e. The lowest BCUT2D eigenvalue weighted by Crippen LogP contribution is -2.04. The van der Waals surface area contributed by atoms with E-state index in [1.54, 1.807) is 6.07 Å². The summed E-state index contributed by atoms with van der Waals surface area (Å²) in [6.07, 6.45) is 0.